The van der Waals surface area contributed by atoms with E-state index in [0.29, 0.717) is 12.2 Å². The Morgan fingerprint density at radius 1 is 1.15 bits per heavy atom. The highest BCUT2D eigenvalue weighted by Gasteiger charge is 2.30. The molecule has 0 aromatic carbocycles. The average molecular weight is 284 g/mol. The minimum atomic E-state index is -0.633. The van der Waals surface area contributed by atoms with E-state index in [2.05, 4.69) is 4.74 Å². The molecule has 1 rings (SSSR count). The van der Waals surface area contributed by atoms with E-state index in [0.717, 1.165) is 0 Å². The third kappa shape index (κ3) is 3.84. The van der Waals surface area contributed by atoms with Crippen molar-refractivity contribution in [2.45, 2.75) is 26.2 Å². The molecule has 0 radical (unpaired) electrons. The maximum Gasteiger partial charge on any atom is 0.374 e. The van der Waals surface area contributed by atoms with Gasteiger partial charge >= 0.3 is 11.9 Å². The molecule has 1 aromatic rings. The zero-order valence-electron chi connectivity index (χ0n) is 12.4. The summed E-state index contributed by atoms with van der Waals surface area (Å²) in [5, 5.41) is 0. The molecule has 0 unspecified atom stereocenters. The molecule has 6 nitrogen and oxygen atoms in total. The molecule has 0 aliphatic carbocycles. The van der Waals surface area contributed by atoms with Crippen LogP contribution in [-0.4, -0.2) is 39.4 Å². The number of carbonyl (C=O) groups excluding carboxylic acids is 2. The smallest absolute Gasteiger partial charge is 0.374 e. The topological polar surface area (TPSA) is 75.0 Å². The van der Waals surface area contributed by atoms with Gasteiger partial charge in [-0.15, -0.1) is 0 Å². The Morgan fingerprint density at radius 3 is 2.30 bits per heavy atom. The largest absolute Gasteiger partial charge is 0.463 e. The highest BCUT2D eigenvalue weighted by atomic mass is 16.6. The first-order valence-electron chi connectivity index (χ1n) is 6.20. The molecule has 20 heavy (non-hydrogen) atoms. The van der Waals surface area contributed by atoms with Crippen LogP contribution in [0, 0.1) is 0 Å². The van der Waals surface area contributed by atoms with Gasteiger partial charge < -0.3 is 18.6 Å². The molecular weight excluding hydrogens is 264 g/mol. The Hall–Kier alpha value is -1.82. The van der Waals surface area contributed by atoms with Gasteiger partial charge in [-0.05, 0) is 11.5 Å². The molecule has 1 aromatic heterocycles. The molecule has 0 aliphatic heterocycles. The molecule has 1 heterocycles. The molecule has 0 fully saturated rings. The molecule has 0 bridgehead atoms. The lowest BCUT2D eigenvalue weighted by atomic mass is 9.87. The molecule has 0 atom stereocenters. The molecule has 6 heteroatoms. The molecule has 0 aliphatic rings. The molecule has 0 saturated heterocycles. The lowest BCUT2D eigenvalue weighted by Crippen LogP contribution is -2.17. The summed E-state index contributed by atoms with van der Waals surface area (Å²) < 4.78 is 19.7. The minimum absolute atomic E-state index is 0.0175. The lowest BCUT2D eigenvalue weighted by molar-refractivity contribution is 0.0346. The summed E-state index contributed by atoms with van der Waals surface area (Å²) in [7, 11) is 2.76. The fourth-order valence-corrected chi connectivity index (χ4v) is 1.58. The number of rotatable bonds is 5. The van der Waals surface area contributed by atoms with E-state index in [1.165, 1.54) is 20.3 Å². The van der Waals surface area contributed by atoms with Crippen LogP contribution in [0.4, 0.5) is 0 Å². The average Bonchev–Trinajstić information content (AvgIpc) is 2.83. The number of carbonyl (C=O) groups is 2. The van der Waals surface area contributed by atoms with E-state index in [9.17, 15) is 9.59 Å². The molecule has 0 saturated carbocycles. The summed E-state index contributed by atoms with van der Waals surface area (Å²) in [4.78, 5) is 23.5. The Bertz CT molecular complexity index is 480. The number of ether oxygens (including phenoxy) is 3. The second-order valence-corrected chi connectivity index (χ2v) is 5.22. The van der Waals surface area contributed by atoms with Crippen molar-refractivity contribution in [3.05, 3.63) is 23.2 Å². The number of methoxy groups -OCH3 is 2. The van der Waals surface area contributed by atoms with Gasteiger partial charge in [-0.3, -0.25) is 0 Å². The Morgan fingerprint density at radius 2 is 1.80 bits per heavy atom. The third-order valence-corrected chi connectivity index (χ3v) is 2.63. The van der Waals surface area contributed by atoms with E-state index in [1.54, 1.807) is 0 Å². The zero-order chi connectivity index (χ0) is 15.3. The van der Waals surface area contributed by atoms with Crippen molar-refractivity contribution < 1.29 is 28.2 Å². The van der Waals surface area contributed by atoms with Gasteiger partial charge in [-0.2, -0.15) is 0 Å². The second-order valence-electron chi connectivity index (χ2n) is 5.22. The second kappa shape index (κ2) is 6.56. The van der Waals surface area contributed by atoms with Crippen LogP contribution in [0.5, 0.6) is 0 Å². The fourth-order valence-electron chi connectivity index (χ4n) is 1.58. The van der Waals surface area contributed by atoms with Crippen molar-refractivity contribution in [2.75, 3.05) is 27.4 Å². The summed E-state index contributed by atoms with van der Waals surface area (Å²) in [6.45, 7) is 6.13. The summed E-state index contributed by atoms with van der Waals surface area (Å²) in [6, 6.07) is 1.51. The number of esters is 2. The van der Waals surface area contributed by atoms with Crippen LogP contribution in [0.3, 0.4) is 0 Å². The fraction of sp³-hybridized carbons (Fsp3) is 0.571. The Labute approximate surface area is 118 Å². The first-order chi connectivity index (χ1) is 9.31. The van der Waals surface area contributed by atoms with Crippen LogP contribution >= 0.6 is 0 Å². The van der Waals surface area contributed by atoms with E-state index in [-0.39, 0.29) is 23.5 Å². The van der Waals surface area contributed by atoms with Crippen LogP contribution in [-0.2, 0) is 19.6 Å². The molecule has 0 spiro atoms. The van der Waals surface area contributed by atoms with Crippen molar-refractivity contribution >= 4 is 11.9 Å². The first kappa shape index (κ1) is 16.2. The zero-order valence-corrected chi connectivity index (χ0v) is 12.4. The SMILES string of the molecule is COCCOC(=O)c1oc(C(=O)OC)cc1C(C)(C)C. The normalized spacial score (nSPS) is 11.2. The van der Waals surface area contributed by atoms with Gasteiger partial charge in [0.1, 0.15) is 6.61 Å². The number of furan rings is 1. The number of hydrogen-bond acceptors (Lipinski definition) is 6. The van der Waals surface area contributed by atoms with Gasteiger partial charge in [0.05, 0.1) is 13.7 Å². The van der Waals surface area contributed by atoms with Crippen LogP contribution in [0.1, 0.15) is 47.4 Å². The van der Waals surface area contributed by atoms with E-state index in [4.69, 9.17) is 13.9 Å². The number of hydrogen-bond donors (Lipinski definition) is 0. The summed E-state index contributed by atoms with van der Waals surface area (Å²) in [6.07, 6.45) is 0. The van der Waals surface area contributed by atoms with Gasteiger partial charge in [0, 0.05) is 12.7 Å². The molecular formula is C14H20O6. The van der Waals surface area contributed by atoms with E-state index < -0.39 is 11.9 Å². The molecule has 112 valence electrons. The quantitative estimate of drug-likeness (QED) is 0.609. The van der Waals surface area contributed by atoms with Crippen molar-refractivity contribution in [3.8, 4) is 0 Å². The van der Waals surface area contributed by atoms with Crippen LogP contribution < -0.4 is 0 Å². The van der Waals surface area contributed by atoms with Crippen molar-refractivity contribution in [1.29, 1.82) is 0 Å². The Balaban J connectivity index is 3.06. The van der Waals surface area contributed by atoms with Gasteiger partial charge in [0.2, 0.25) is 11.5 Å². The standard InChI is InChI=1S/C14H20O6/c1-14(2,3)9-8-10(12(15)18-5)20-11(9)13(16)19-7-6-17-4/h8H,6-7H2,1-5H3. The predicted molar refractivity (Wildman–Crippen MR) is 70.9 cm³/mol. The highest BCUT2D eigenvalue weighted by Crippen LogP contribution is 2.29. The maximum atomic E-state index is 12.0. The van der Waals surface area contributed by atoms with Gasteiger partial charge in [-0.1, -0.05) is 20.8 Å². The summed E-state index contributed by atoms with van der Waals surface area (Å²) in [5.41, 5.74) is 0.228. The molecule has 0 N–H and O–H groups in total. The van der Waals surface area contributed by atoms with Crippen molar-refractivity contribution in [1.82, 2.24) is 0 Å². The summed E-state index contributed by atoms with van der Waals surface area (Å²) >= 11 is 0. The van der Waals surface area contributed by atoms with Gasteiger partial charge in [0.25, 0.3) is 0 Å². The van der Waals surface area contributed by atoms with Gasteiger partial charge in [0.15, 0.2) is 0 Å². The van der Waals surface area contributed by atoms with Gasteiger partial charge in [-0.25, -0.2) is 9.59 Å². The van der Waals surface area contributed by atoms with Crippen molar-refractivity contribution in [2.24, 2.45) is 0 Å². The van der Waals surface area contributed by atoms with E-state index in [1.807, 2.05) is 20.8 Å². The van der Waals surface area contributed by atoms with Crippen LogP contribution in [0.2, 0.25) is 0 Å². The monoisotopic (exact) mass is 284 g/mol. The molecule has 0 amide bonds. The van der Waals surface area contributed by atoms with Crippen LogP contribution in [0.15, 0.2) is 10.5 Å². The lowest BCUT2D eigenvalue weighted by Gasteiger charge is -2.17. The van der Waals surface area contributed by atoms with Crippen LogP contribution in [0.25, 0.3) is 0 Å². The maximum absolute atomic E-state index is 12.0. The predicted octanol–water partition coefficient (Wildman–Crippen LogP) is 2.17. The van der Waals surface area contributed by atoms with E-state index >= 15 is 0 Å². The highest BCUT2D eigenvalue weighted by molar-refractivity contribution is 5.92. The van der Waals surface area contributed by atoms with Crippen molar-refractivity contribution in [3.63, 3.8) is 0 Å². The first-order valence-corrected chi connectivity index (χ1v) is 6.20. The third-order valence-electron chi connectivity index (χ3n) is 2.63. The minimum Gasteiger partial charge on any atom is -0.463 e. The summed E-state index contributed by atoms with van der Waals surface area (Å²) in [5.74, 6) is -1.25. The Kier molecular flexibility index (Phi) is 5.33.